The lowest BCUT2D eigenvalue weighted by Crippen LogP contribution is -2.25. The molecule has 2 aromatic carbocycles. The molecule has 0 aliphatic heterocycles. The second-order valence-electron chi connectivity index (χ2n) is 7.04. The zero-order valence-electron chi connectivity index (χ0n) is 16.1. The van der Waals surface area contributed by atoms with E-state index in [4.69, 9.17) is 4.74 Å². The molecule has 0 bridgehead atoms. The zero-order chi connectivity index (χ0) is 18.7. The average molecular weight is 352 g/mol. The van der Waals surface area contributed by atoms with E-state index in [-0.39, 0.29) is 6.03 Å². The molecule has 1 aliphatic carbocycles. The van der Waals surface area contributed by atoms with E-state index in [9.17, 15) is 4.79 Å². The van der Waals surface area contributed by atoms with Crippen LogP contribution in [0.1, 0.15) is 53.5 Å². The summed E-state index contributed by atoms with van der Waals surface area (Å²) in [6.07, 6.45) is 3.44. The van der Waals surface area contributed by atoms with Gasteiger partial charge >= 0.3 is 6.03 Å². The highest BCUT2D eigenvalue weighted by molar-refractivity contribution is 5.90. The van der Waals surface area contributed by atoms with Crippen molar-refractivity contribution in [2.45, 2.75) is 52.6 Å². The molecule has 4 heteroatoms. The first-order valence-corrected chi connectivity index (χ1v) is 9.37. The Bertz CT molecular complexity index is 810. The van der Waals surface area contributed by atoms with E-state index < -0.39 is 0 Å². The van der Waals surface area contributed by atoms with Crippen LogP contribution in [0, 0.1) is 13.8 Å². The lowest BCUT2D eigenvalue weighted by atomic mass is 10.0. The Morgan fingerprint density at radius 2 is 1.96 bits per heavy atom. The fourth-order valence-corrected chi connectivity index (χ4v) is 3.38. The predicted molar refractivity (Wildman–Crippen MR) is 106 cm³/mol. The monoisotopic (exact) mass is 352 g/mol. The highest BCUT2D eigenvalue weighted by Crippen LogP contribution is 2.43. The normalized spacial score (nSPS) is 13.4. The number of hydrogen-bond acceptors (Lipinski definition) is 2. The number of aryl methyl sites for hydroxylation is 3. The zero-order valence-corrected chi connectivity index (χ0v) is 16.1. The van der Waals surface area contributed by atoms with Gasteiger partial charge in [0.15, 0.2) is 0 Å². The Morgan fingerprint density at radius 1 is 1.19 bits per heavy atom. The molecule has 1 fully saturated rings. The van der Waals surface area contributed by atoms with Gasteiger partial charge in [0.1, 0.15) is 12.4 Å². The summed E-state index contributed by atoms with van der Waals surface area (Å²) >= 11 is 0. The molecule has 138 valence electrons. The Hall–Kier alpha value is -2.49. The molecule has 0 saturated heterocycles. The van der Waals surface area contributed by atoms with Crippen molar-refractivity contribution in [3.05, 3.63) is 58.1 Å². The van der Waals surface area contributed by atoms with Crippen molar-refractivity contribution in [3.63, 3.8) is 0 Å². The Balaban J connectivity index is 1.87. The first-order valence-electron chi connectivity index (χ1n) is 9.37. The van der Waals surface area contributed by atoms with Crippen molar-refractivity contribution in [1.29, 1.82) is 0 Å². The molecule has 1 aliphatic rings. The molecular weight excluding hydrogens is 324 g/mol. The van der Waals surface area contributed by atoms with Gasteiger partial charge in [-0.1, -0.05) is 25.1 Å². The topological polar surface area (TPSA) is 50.4 Å². The number of carbonyl (C=O) groups is 1. The highest BCUT2D eigenvalue weighted by atomic mass is 16.5. The minimum absolute atomic E-state index is 0.210. The van der Waals surface area contributed by atoms with Gasteiger partial charge in [0.25, 0.3) is 0 Å². The largest absolute Gasteiger partial charge is 0.489 e. The Labute approximate surface area is 156 Å². The molecule has 3 rings (SSSR count). The van der Waals surface area contributed by atoms with E-state index in [1.165, 1.54) is 29.5 Å². The molecule has 0 atom stereocenters. The van der Waals surface area contributed by atoms with Gasteiger partial charge in [0.05, 0.1) is 0 Å². The van der Waals surface area contributed by atoms with Crippen molar-refractivity contribution in [3.8, 4) is 5.75 Å². The van der Waals surface area contributed by atoms with Gasteiger partial charge in [0.2, 0.25) is 0 Å². The number of nitrogens with one attached hydrogen (secondary N) is 2. The van der Waals surface area contributed by atoms with Crippen molar-refractivity contribution in [1.82, 2.24) is 5.32 Å². The number of urea groups is 1. The number of anilines is 1. The minimum Gasteiger partial charge on any atom is -0.489 e. The van der Waals surface area contributed by atoms with Gasteiger partial charge in [-0.3, -0.25) is 0 Å². The molecule has 2 amide bonds. The molecular formula is C22H28N2O2. The van der Waals surface area contributed by atoms with Crippen molar-refractivity contribution in [2.75, 3.05) is 12.4 Å². The summed E-state index contributed by atoms with van der Waals surface area (Å²) in [5.41, 5.74) is 6.96. The van der Waals surface area contributed by atoms with Crippen molar-refractivity contribution >= 4 is 11.7 Å². The number of rotatable bonds is 6. The van der Waals surface area contributed by atoms with E-state index >= 15 is 0 Å². The fourth-order valence-electron chi connectivity index (χ4n) is 3.38. The first kappa shape index (κ1) is 18.3. The first-order chi connectivity index (χ1) is 12.5. The van der Waals surface area contributed by atoms with Crippen LogP contribution in [-0.2, 0) is 13.0 Å². The quantitative estimate of drug-likeness (QED) is 0.762. The summed E-state index contributed by atoms with van der Waals surface area (Å²) in [6, 6.07) is 10.2. The van der Waals surface area contributed by atoms with E-state index in [2.05, 4.69) is 49.6 Å². The van der Waals surface area contributed by atoms with Crippen LogP contribution in [0.5, 0.6) is 5.75 Å². The predicted octanol–water partition coefficient (Wildman–Crippen LogP) is 5.07. The van der Waals surface area contributed by atoms with Crippen molar-refractivity contribution in [2.24, 2.45) is 0 Å². The molecule has 0 heterocycles. The lowest BCUT2D eigenvalue weighted by Gasteiger charge is -2.18. The lowest BCUT2D eigenvalue weighted by molar-refractivity contribution is 0.254. The smallest absolute Gasteiger partial charge is 0.318 e. The summed E-state index contributed by atoms with van der Waals surface area (Å²) in [5, 5.41) is 5.55. The molecule has 2 aromatic rings. The second-order valence-corrected chi connectivity index (χ2v) is 7.04. The number of carbonyl (C=O) groups excluding carboxylic acids is 1. The summed E-state index contributed by atoms with van der Waals surface area (Å²) in [4.78, 5) is 11.8. The van der Waals surface area contributed by atoms with Gasteiger partial charge < -0.3 is 15.4 Å². The summed E-state index contributed by atoms with van der Waals surface area (Å²) in [6.45, 7) is 6.84. The van der Waals surface area contributed by atoms with Gasteiger partial charge in [-0.2, -0.15) is 0 Å². The maximum Gasteiger partial charge on any atom is 0.318 e. The van der Waals surface area contributed by atoms with E-state index in [0.717, 1.165) is 29.0 Å². The van der Waals surface area contributed by atoms with Crippen LogP contribution in [0.25, 0.3) is 0 Å². The molecule has 1 saturated carbocycles. The highest BCUT2D eigenvalue weighted by Gasteiger charge is 2.27. The van der Waals surface area contributed by atoms with Crippen LogP contribution in [0.15, 0.2) is 30.3 Å². The van der Waals surface area contributed by atoms with Crippen LogP contribution in [0.2, 0.25) is 0 Å². The Morgan fingerprint density at radius 3 is 2.62 bits per heavy atom. The van der Waals surface area contributed by atoms with Crippen LogP contribution in [-0.4, -0.2) is 13.1 Å². The van der Waals surface area contributed by atoms with Gasteiger partial charge in [-0.15, -0.1) is 0 Å². The fraction of sp³-hybridized carbons (Fsp3) is 0.409. The summed E-state index contributed by atoms with van der Waals surface area (Å²) in [7, 11) is 1.62. The summed E-state index contributed by atoms with van der Waals surface area (Å²) in [5.74, 6) is 1.50. The number of amides is 2. The number of benzene rings is 2. The third-order valence-corrected chi connectivity index (χ3v) is 5.09. The van der Waals surface area contributed by atoms with E-state index in [0.29, 0.717) is 12.5 Å². The second kappa shape index (κ2) is 7.81. The van der Waals surface area contributed by atoms with E-state index in [1.54, 1.807) is 7.05 Å². The van der Waals surface area contributed by atoms with Crippen molar-refractivity contribution < 1.29 is 9.53 Å². The minimum atomic E-state index is -0.210. The van der Waals surface area contributed by atoms with Gasteiger partial charge in [0, 0.05) is 18.3 Å². The average Bonchev–Trinajstić information content (AvgIpc) is 3.47. The molecule has 4 nitrogen and oxygen atoms in total. The van der Waals surface area contributed by atoms with Crippen LogP contribution in [0.4, 0.5) is 10.5 Å². The van der Waals surface area contributed by atoms with Gasteiger partial charge in [-0.25, -0.2) is 4.79 Å². The molecule has 2 N–H and O–H groups in total. The molecule has 0 aromatic heterocycles. The third-order valence-electron chi connectivity index (χ3n) is 5.09. The Kier molecular flexibility index (Phi) is 5.50. The standard InChI is InChI=1S/C22H28N2O2/c1-5-16-11-15(3)21(12-14(16)2)26-13-19-18(17-9-10-17)7-6-8-20(19)24-22(25)23-4/h6-8,11-12,17H,5,9-10,13H2,1-4H3,(H2,23,24,25). The third kappa shape index (κ3) is 4.01. The van der Waals surface area contributed by atoms with Crippen LogP contribution < -0.4 is 15.4 Å². The molecule has 0 radical (unpaired) electrons. The number of hydrogen-bond donors (Lipinski definition) is 2. The molecule has 0 unspecified atom stereocenters. The molecule has 26 heavy (non-hydrogen) atoms. The van der Waals surface area contributed by atoms with Crippen LogP contribution >= 0.6 is 0 Å². The van der Waals surface area contributed by atoms with E-state index in [1.807, 2.05) is 12.1 Å². The molecule has 0 spiro atoms. The number of ether oxygens (including phenoxy) is 1. The maximum absolute atomic E-state index is 11.8. The maximum atomic E-state index is 11.8. The van der Waals surface area contributed by atoms with Gasteiger partial charge in [-0.05, 0) is 73.4 Å². The summed E-state index contributed by atoms with van der Waals surface area (Å²) < 4.78 is 6.21. The SMILES string of the molecule is CCc1cc(C)c(OCc2c(NC(=O)NC)cccc2C2CC2)cc1C. The van der Waals surface area contributed by atoms with Crippen LogP contribution in [0.3, 0.4) is 0 Å².